The number of nitrogens with one attached hydrogen (secondary N) is 1. The van der Waals surface area contributed by atoms with Crippen molar-refractivity contribution in [1.29, 1.82) is 0 Å². The molecule has 1 aromatic heterocycles. The lowest BCUT2D eigenvalue weighted by molar-refractivity contribution is 0.560. The van der Waals surface area contributed by atoms with E-state index >= 15 is 0 Å². The van der Waals surface area contributed by atoms with E-state index in [-0.39, 0.29) is 6.04 Å². The average Bonchev–Trinajstić information content (AvgIpc) is 2.74. The minimum Gasteiger partial charge on any atom is -0.308 e. The second kappa shape index (κ2) is 5.67. The maximum absolute atomic E-state index is 4.39. The summed E-state index contributed by atoms with van der Waals surface area (Å²) >= 11 is 3.60. The number of hydrogen-bond acceptors (Lipinski definition) is 2. The monoisotopic (exact) mass is 307 g/mol. The summed E-state index contributed by atoms with van der Waals surface area (Å²) < 4.78 is 3.07. The molecular formula is C14H18BrN3. The van der Waals surface area contributed by atoms with Crippen LogP contribution >= 0.6 is 15.9 Å². The third kappa shape index (κ3) is 2.35. The first-order valence-corrected chi connectivity index (χ1v) is 6.92. The zero-order chi connectivity index (χ0) is 13.1. The Labute approximate surface area is 116 Å². The third-order valence-corrected chi connectivity index (χ3v) is 3.81. The molecule has 0 amide bonds. The van der Waals surface area contributed by atoms with Crippen molar-refractivity contribution in [2.24, 2.45) is 0 Å². The van der Waals surface area contributed by atoms with E-state index in [1.54, 1.807) is 0 Å². The van der Waals surface area contributed by atoms with Crippen LogP contribution in [0.25, 0.3) is 0 Å². The molecule has 0 spiro atoms. The smallest absolute Gasteiger partial charge is 0.0760 e. The van der Waals surface area contributed by atoms with Crippen LogP contribution in [0.2, 0.25) is 0 Å². The van der Waals surface area contributed by atoms with E-state index in [0.29, 0.717) is 0 Å². The molecule has 0 radical (unpaired) electrons. The van der Waals surface area contributed by atoms with Crippen molar-refractivity contribution in [3.8, 4) is 0 Å². The number of nitrogens with zero attached hydrogens (tertiary/aromatic N) is 2. The Morgan fingerprint density at radius 2 is 2.11 bits per heavy atom. The van der Waals surface area contributed by atoms with Gasteiger partial charge < -0.3 is 5.32 Å². The van der Waals surface area contributed by atoms with E-state index in [4.69, 9.17) is 0 Å². The molecule has 0 aliphatic heterocycles. The first kappa shape index (κ1) is 13.3. The van der Waals surface area contributed by atoms with E-state index in [1.807, 2.05) is 17.9 Å². The van der Waals surface area contributed by atoms with E-state index < -0.39 is 0 Å². The van der Waals surface area contributed by atoms with Crippen LogP contribution in [0, 0.1) is 6.92 Å². The average molecular weight is 308 g/mol. The van der Waals surface area contributed by atoms with Crippen molar-refractivity contribution in [1.82, 2.24) is 15.1 Å². The first-order chi connectivity index (χ1) is 8.69. The number of benzene rings is 1. The van der Waals surface area contributed by atoms with Crippen LogP contribution in [0.5, 0.6) is 0 Å². The van der Waals surface area contributed by atoms with Gasteiger partial charge in [-0.15, -0.1) is 0 Å². The molecule has 1 heterocycles. The molecule has 0 bridgehead atoms. The minimum absolute atomic E-state index is 0.156. The number of rotatable bonds is 4. The van der Waals surface area contributed by atoms with Gasteiger partial charge in [-0.2, -0.15) is 5.10 Å². The van der Waals surface area contributed by atoms with Gasteiger partial charge in [0.2, 0.25) is 0 Å². The highest BCUT2D eigenvalue weighted by Crippen LogP contribution is 2.29. The highest BCUT2D eigenvalue weighted by molar-refractivity contribution is 9.10. The highest BCUT2D eigenvalue weighted by atomic mass is 79.9. The number of aryl methyl sites for hydroxylation is 2. The summed E-state index contributed by atoms with van der Waals surface area (Å²) in [6, 6.07) is 8.60. The molecule has 0 saturated heterocycles. The van der Waals surface area contributed by atoms with Crippen LogP contribution < -0.4 is 5.32 Å². The number of hydrogen-bond donors (Lipinski definition) is 1. The van der Waals surface area contributed by atoms with Gasteiger partial charge in [-0.25, -0.2) is 0 Å². The maximum Gasteiger partial charge on any atom is 0.0760 e. The topological polar surface area (TPSA) is 29.9 Å². The maximum atomic E-state index is 4.39. The molecule has 18 heavy (non-hydrogen) atoms. The Kier molecular flexibility index (Phi) is 4.19. The second-order valence-electron chi connectivity index (χ2n) is 4.27. The summed E-state index contributed by atoms with van der Waals surface area (Å²) in [4.78, 5) is 0. The van der Waals surface area contributed by atoms with Crippen molar-refractivity contribution in [3.05, 3.63) is 51.8 Å². The predicted molar refractivity (Wildman–Crippen MR) is 77.7 cm³/mol. The van der Waals surface area contributed by atoms with Crippen LogP contribution in [0.4, 0.5) is 0 Å². The third-order valence-electron chi connectivity index (χ3n) is 3.19. The Balaban J connectivity index is 2.52. The largest absolute Gasteiger partial charge is 0.308 e. The van der Waals surface area contributed by atoms with Crippen molar-refractivity contribution in [2.45, 2.75) is 26.4 Å². The Hall–Kier alpha value is -1.13. The van der Waals surface area contributed by atoms with Gasteiger partial charge in [0.05, 0.1) is 22.4 Å². The lowest BCUT2D eigenvalue weighted by atomic mass is 9.99. The van der Waals surface area contributed by atoms with E-state index in [9.17, 15) is 0 Å². The molecular weight excluding hydrogens is 290 g/mol. The normalized spacial score (nSPS) is 12.7. The molecule has 0 saturated carbocycles. The summed E-state index contributed by atoms with van der Waals surface area (Å²) in [5.74, 6) is 0. The lowest BCUT2D eigenvalue weighted by Crippen LogP contribution is -2.22. The van der Waals surface area contributed by atoms with Gasteiger partial charge in [-0.3, -0.25) is 4.68 Å². The fraction of sp³-hybridized carbons (Fsp3) is 0.357. The van der Waals surface area contributed by atoms with Crippen LogP contribution in [0.1, 0.15) is 29.8 Å². The fourth-order valence-electron chi connectivity index (χ4n) is 2.26. The summed E-state index contributed by atoms with van der Waals surface area (Å²) in [6.07, 6.45) is 1.86. The quantitative estimate of drug-likeness (QED) is 0.939. The molecule has 1 aromatic carbocycles. The molecule has 0 fully saturated rings. The van der Waals surface area contributed by atoms with Crippen LogP contribution in [-0.2, 0) is 6.54 Å². The van der Waals surface area contributed by atoms with Crippen LogP contribution in [0.15, 0.2) is 34.9 Å². The zero-order valence-electron chi connectivity index (χ0n) is 10.9. The van der Waals surface area contributed by atoms with Gasteiger partial charge >= 0.3 is 0 Å². The van der Waals surface area contributed by atoms with Crippen LogP contribution in [0.3, 0.4) is 0 Å². The standard InChI is InChI=1S/C14H18BrN3/c1-4-18-14(12(15)9-17-18)13(16-3)11-8-6-5-7-10(11)2/h5-9,13,16H,4H2,1-3H3. The van der Waals surface area contributed by atoms with E-state index in [2.05, 4.69) is 64.5 Å². The summed E-state index contributed by atoms with van der Waals surface area (Å²) in [7, 11) is 1.98. The Bertz CT molecular complexity index is 534. The molecule has 1 unspecified atom stereocenters. The van der Waals surface area contributed by atoms with Gasteiger partial charge in [-0.05, 0) is 48.0 Å². The lowest BCUT2D eigenvalue weighted by Gasteiger charge is -2.20. The zero-order valence-corrected chi connectivity index (χ0v) is 12.5. The van der Waals surface area contributed by atoms with Crippen molar-refractivity contribution in [3.63, 3.8) is 0 Å². The molecule has 4 heteroatoms. The van der Waals surface area contributed by atoms with Crippen LogP contribution in [-0.4, -0.2) is 16.8 Å². The Morgan fingerprint density at radius 3 is 2.72 bits per heavy atom. The predicted octanol–water partition coefficient (Wildman–Crippen LogP) is 3.28. The number of aromatic nitrogens is 2. The molecule has 0 aliphatic carbocycles. The van der Waals surface area contributed by atoms with Gasteiger partial charge in [-0.1, -0.05) is 24.3 Å². The van der Waals surface area contributed by atoms with Crippen molar-refractivity contribution >= 4 is 15.9 Å². The minimum atomic E-state index is 0.156. The second-order valence-corrected chi connectivity index (χ2v) is 5.13. The highest BCUT2D eigenvalue weighted by Gasteiger charge is 2.20. The molecule has 2 rings (SSSR count). The van der Waals surface area contributed by atoms with Gasteiger partial charge in [0.15, 0.2) is 0 Å². The van der Waals surface area contributed by atoms with Crippen molar-refractivity contribution < 1.29 is 0 Å². The molecule has 2 aromatic rings. The van der Waals surface area contributed by atoms with Gasteiger partial charge in [0, 0.05) is 6.54 Å². The summed E-state index contributed by atoms with van der Waals surface area (Å²) in [6.45, 7) is 5.11. The van der Waals surface area contributed by atoms with Gasteiger partial charge in [0.1, 0.15) is 0 Å². The van der Waals surface area contributed by atoms with E-state index in [1.165, 1.54) is 16.8 Å². The molecule has 1 atom stereocenters. The molecule has 3 nitrogen and oxygen atoms in total. The summed E-state index contributed by atoms with van der Waals surface area (Å²) in [5.41, 5.74) is 3.75. The first-order valence-electron chi connectivity index (χ1n) is 6.13. The Morgan fingerprint density at radius 1 is 1.39 bits per heavy atom. The molecule has 0 aliphatic rings. The summed E-state index contributed by atoms with van der Waals surface area (Å²) in [5, 5.41) is 7.77. The molecule has 1 N–H and O–H groups in total. The van der Waals surface area contributed by atoms with E-state index in [0.717, 1.165) is 11.0 Å². The fourth-order valence-corrected chi connectivity index (χ4v) is 2.79. The number of halogens is 1. The van der Waals surface area contributed by atoms with Gasteiger partial charge in [0.25, 0.3) is 0 Å². The SMILES string of the molecule is CCn1ncc(Br)c1C(NC)c1ccccc1C. The van der Waals surface area contributed by atoms with Crippen molar-refractivity contribution in [2.75, 3.05) is 7.05 Å². The molecule has 96 valence electrons.